The average Bonchev–Trinajstić information content (AvgIpc) is 3.08. The number of carbonyl (C=O) groups is 1. The Kier molecular flexibility index (Phi) is 5.53. The van der Waals surface area contributed by atoms with Gasteiger partial charge in [-0.15, -0.1) is 0 Å². The summed E-state index contributed by atoms with van der Waals surface area (Å²) in [6.45, 7) is 2.13. The first-order chi connectivity index (χ1) is 12.5. The number of amides is 1. The SMILES string of the molecule is CCCNC(=O)CN(c1nc2ccccc2s1)S(=O)(=O)c1ccccc1. The number of hydrogen-bond donors (Lipinski definition) is 1. The number of anilines is 1. The smallest absolute Gasteiger partial charge is 0.266 e. The Morgan fingerprint density at radius 3 is 2.50 bits per heavy atom. The number of aromatic nitrogens is 1. The molecule has 0 unspecified atom stereocenters. The van der Waals surface area contributed by atoms with Crippen molar-refractivity contribution >= 4 is 42.6 Å². The standard InChI is InChI=1S/C18H19N3O3S2/c1-2-12-19-17(22)13-21(26(23,24)14-8-4-3-5-9-14)18-20-15-10-6-7-11-16(15)25-18/h3-11H,2,12-13H2,1H3,(H,19,22). The van der Waals surface area contributed by atoms with Crippen molar-refractivity contribution in [2.75, 3.05) is 17.4 Å². The topological polar surface area (TPSA) is 79.4 Å². The van der Waals surface area contributed by atoms with Crippen molar-refractivity contribution in [3.05, 3.63) is 54.6 Å². The second-order valence-electron chi connectivity index (χ2n) is 5.64. The van der Waals surface area contributed by atoms with Crippen molar-refractivity contribution in [2.24, 2.45) is 0 Å². The molecule has 0 saturated carbocycles. The average molecular weight is 390 g/mol. The Hall–Kier alpha value is -2.45. The maximum Gasteiger partial charge on any atom is 0.266 e. The van der Waals surface area contributed by atoms with Crippen molar-refractivity contribution in [1.29, 1.82) is 0 Å². The molecule has 0 fully saturated rings. The van der Waals surface area contributed by atoms with Gasteiger partial charge in [0.1, 0.15) is 6.54 Å². The number of nitrogens with zero attached hydrogens (tertiary/aromatic N) is 2. The fourth-order valence-corrected chi connectivity index (χ4v) is 4.96. The lowest BCUT2D eigenvalue weighted by Gasteiger charge is -2.21. The zero-order chi connectivity index (χ0) is 18.6. The van der Waals surface area contributed by atoms with Gasteiger partial charge < -0.3 is 5.32 Å². The van der Waals surface area contributed by atoms with Gasteiger partial charge >= 0.3 is 0 Å². The molecule has 0 aliphatic carbocycles. The van der Waals surface area contributed by atoms with Gasteiger partial charge in [0.15, 0.2) is 0 Å². The second kappa shape index (κ2) is 7.84. The Labute approximate surface area is 156 Å². The van der Waals surface area contributed by atoms with E-state index in [4.69, 9.17) is 0 Å². The van der Waals surface area contributed by atoms with Crippen molar-refractivity contribution in [3.63, 3.8) is 0 Å². The van der Waals surface area contributed by atoms with E-state index in [9.17, 15) is 13.2 Å². The maximum atomic E-state index is 13.1. The molecule has 1 amide bonds. The van der Waals surface area contributed by atoms with E-state index < -0.39 is 10.0 Å². The second-order valence-corrected chi connectivity index (χ2v) is 8.51. The summed E-state index contributed by atoms with van der Waals surface area (Å²) in [7, 11) is -3.90. The summed E-state index contributed by atoms with van der Waals surface area (Å²) in [4.78, 5) is 16.8. The molecule has 26 heavy (non-hydrogen) atoms. The van der Waals surface area contributed by atoms with Crippen LogP contribution in [0.3, 0.4) is 0 Å². The predicted octanol–water partition coefficient (Wildman–Crippen LogP) is 3.02. The molecule has 0 aliphatic heterocycles. The molecule has 136 valence electrons. The number of nitrogens with one attached hydrogen (secondary N) is 1. The van der Waals surface area contributed by atoms with Crippen molar-refractivity contribution in [2.45, 2.75) is 18.2 Å². The Balaban J connectivity index is 2.02. The third kappa shape index (κ3) is 3.86. The Morgan fingerprint density at radius 2 is 1.81 bits per heavy atom. The van der Waals surface area contributed by atoms with E-state index in [-0.39, 0.29) is 22.5 Å². The summed E-state index contributed by atoms with van der Waals surface area (Å²) in [6, 6.07) is 15.5. The van der Waals surface area contributed by atoms with Gasteiger partial charge in [-0.2, -0.15) is 0 Å². The molecule has 0 bridgehead atoms. The molecule has 2 aromatic carbocycles. The van der Waals surface area contributed by atoms with Gasteiger partial charge in [-0.05, 0) is 30.7 Å². The van der Waals surface area contributed by atoms with Crippen LogP contribution in [-0.4, -0.2) is 32.4 Å². The minimum absolute atomic E-state index is 0.127. The summed E-state index contributed by atoms with van der Waals surface area (Å²) < 4.78 is 28.2. The molecule has 1 aromatic heterocycles. The van der Waals surface area contributed by atoms with Gasteiger partial charge in [-0.25, -0.2) is 17.7 Å². The Bertz CT molecular complexity index is 968. The fraction of sp³-hybridized carbons (Fsp3) is 0.222. The van der Waals surface area contributed by atoms with Crippen LogP contribution in [0.15, 0.2) is 59.5 Å². The van der Waals surface area contributed by atoms with Crippen LogP contribution in [0.2, 0.25) is 0 Å². The number of fused-ring (bicyclic) bond motifs is 1. The minimum atomic E-state index is -3.90. The first kappa shape index (κ1) is 18.3. The van der Waals surface area contributed by atoms with Crippen LogP contribution in [-0.2, 0) is 14.8 Å². The number of carbonyl (C=O) groups excluding carboxylic acids is 1. The minimum Gasteiger partial charge on any atom is -0.355 e. The fourth-order valence-electron chi connectivity index (χ4n) is 2.39. The predicted molar refractivity (Wildman–Crippen MR) is 104 cm³/mol. The van der Waals surface area contributed by atoms with Gasteiger partial charge in [0.05, 0.1) is 15.1 Å². The lowest BCUT2D eigenvalue weighted by atomic mass is 10.3. The molecule has 1 heterocycles. The molecule has 0 saturated heterocycles. The number of rotatable bonds is 7. The van der Waals surface area contributed by atoms with E-state index in [1.165, 1.54) is 23.5 Å². The lowest BCUT2D eigenvalue weighted by molar-refractivity contribution is -0.119. The molecule has 0 radical (unpaired) electrons. The van der Waals surface area contributed by atoms with E-state index in [0.29, 0.717) is 12.1 Å². The van der Waals surface area contributed by atoms with Crippen molar-refractivity contribution in [1.82, 2.24) is 10.3 Å². The highest BCUT2D eigenvalue weighted by Gasteiger charge is 2.29. The van der Waals surface area contributed by atoms with Crippen LogP contribution in [0.25, 0.3) is 10.2 Å². The molecule has 3 rings (SSSR count). The highest BCUT2D eigenvalue weighted by molar-refractivity contribution is 7.93. The summed E-state index contributed by atoms with van der Waals surface area (Å²) in [5, 5.41) is 3.00. The number of hydrogen-bond acceptors (Lipinski definition) is 5. The molecule has 0 aliphatic rings. The number of thiazole rings is 1. The molecule has 1 N–H and O–H groups in total. The molecule has 3 aromatic rings. The highest BCUT2D eigenvalue weighted by Crippen LogP contribution is 2.31. The summed E-state index contributed by atoms with van der Waals surface area (Å²) in [5.41, 5.74) is 0.703. The first-order valence-corrected chi connectivity index (χ1v) is 10.5. The van der Waals surface area contributed by atoms with Crippen LogP contribution in [0.1, 0.15) is 13.3 Å². The number of sulfonamides is 1. The summed E-state index contributed by atoms with van der Waals surface area (Å²) >= 11 is 1.25. The molecule has 0 atom stereocenters. The third-order valence-electron chi connectivity index (χ3n) is 3.69. The molecule has 0 spiro atoms. The van der Waals surface area contributed by atoms with E-state index in [1.807, 2.05) is 31.2 Å². The first-order valence-electron chi connectivity index (χ1n) is 8.22. The van der Waals surface area contributed by atoms with Gasteiger partial charge in [-0.3, -0.25) is 4.79 Å². The normalized spacial score (nSPS) is 11.4. The van der Waals surface area contributed by atoms with E-state index in [2.05, 4.69) is 10.3 Å². The summed E-state index contributed by atoms with van der Waals surface area (Å²) in [5.74, 6) is -0.356. The van der Waals surface area contributed by atoms with Crippen LogP contribution in [0.5, 0.6) is 0 Å². The van der Waals surface area contributed by atoms with Crippen molar-refractivity contribution < 1.29 is 13.2 Å². The zero-order valence-electron chi connectivity index (χ0n) is 14.3. The van der Waals surface area contributed by atoms with E-state index in [0.717, 1.165) is 15.4 Å². The molecular weight excluding hydrogens is 370 g/mol. The molecule has 6 nitrogen and oxygen atoms in total. The van der Waals surface area contributed by atoms with Gasteiger partial charge in [-0.1, -0.05) is 48.6 Å². The monoisotopic (exact) mass is 389 g/mol. The largest absolute Gasteiger partial charge is 0.355 e. The van der Waals surface area contributed by atoms with Gasteiger partial charge in [0, 0.05) is 6.54 Å². The van der Waals surface area contributed by atoms with Crippen LogP contribution in [0.4, 0.5) is 5.13 Å². The molecular formula is C18H19N3O3S2. The Morgan fingerprint density at radius 1 is 1.12 bits per heavy atom. The van der Waals surface area contributed by atoms with Crippen LogP contribution in [0, 0.1) is 0 Å². The maximum absolute atomic E-state index is 13.1. The summed E-state index contributed by atoms with van der Waals surface area (Å²) in [6.07, 6.45) is 0.776. The van der Waals surface area contributed by atoms with E-state index in [1.54, 1.807) is 18.2 Å². The zero-order valence-corrected chi connectivity index (χ0v) is 15.9. The van der Waals surface area contributed by atoms with E-state index >= 15 is 0 Å². The van der Waals surface area contributed by atoms with Crippen LogP contribution < -0.4 is 9.62 Å². The highest BCUT2D eigenvalue weighted by atomic mass is 32.2. The quantitative estimate of drug-likeness (QED) is 0.674. The third-order valence-corrected chi connectivity index (χ3v) is 6.61. The van der Waals surface area contributed by atoms with Gasteiger partial charge in [0.2, 0.25) is 11.0 Å². The number of para-hydroxylation sites is 1. The van der Waals surface area contributed by atoms with Crippen LogP contribution >= 0.6 is 11.3 Å². The molecule has 8 heteroatoms. The number of benzene rings is 2. The van der Waals surface area contributed by atoms with Crippen molar-refractivity contribution in [3.8, 4) is 0 Å². The lowest BCUT2D eigenvalue weighted by Crippen LogP contribution is -2.41. The van der Waals surface area contributed by atoms with Gasteiger partial charge in [0.25, 0.3) is 10.0 Å².